The molecule has 1 fully saturated rings. The second kappa shape index (κ2) is 5.29. The number of urea groups is 1. The van der Waals surface area contributed by atoms with Crippen LogP contribution in [0.4, 0.5) is 4.79 Å². The van der Waals surface area contributed by atoms with E-state index in [9.17, 15) is 14.7 Å². The molecule has 2 N–H and O–H groups in total. The number of hydrogen-bond acceptors (Lipinski definition) is 4. The summed E-state index contributed by atoms with van der Waals surface area (Å²) in [6, 6.07) is 1.40. The largest absolute Gasteiger partial charge is 0.481 e. The van der Waals surface area contributed by atoms with Gasteiger partial charge in [-0.3, -0.25) is 4.79 Å². The number of aromatic nitrogens is 1. The molecule has 2 heterocycles. The van der Waals surface area contributed by atoms with Gasteiger partial charge in [-0.2, -0.15) is 0 Å². The topological polar surface area (TPSA) is 95.7 Å². The summed E-state index contributed by atoms with van der Waals surface area (Å²) in [6.45, 7) is 2.83. The van der Waals surface area contributed by atoms with Gasteiger partial charge in [0.05, 0.1) is 12.0 Å². The van der Waals surface area contributed by atoms with Crippen LogP contribution in [0.2, 0.25) is 0 Å². The Balaban J connectivity index is 1.89. The van der Waals surface area contributed by atoms with Crippen molar-refractivity contribution >= 4 is 12.0 Å². The number of nitrogens with one attached hydrogen (secondary N) is 1. The molecule has 19 heavy (non-hydrogen) atoms. The molecule has 1 atom stereocenters. The van der Waals surface area contributed by atoms with E-state index in [-0.39, 0.29) is 19.1 Å². The number of aliphatic carboxylic acids is 1. The molecule has 1 saturated heterocycles. The van der Waals surface area contributed by atoms with Crippen molar-refractivity contribution in [3.8, 4) is 0 Å². The van der Waals surface area contributed by atoms with Crippen molar-refractivity contribution in [1.29, 1.82) is 0 Å². The standard InChI is InChI=1S/C12H17N3O4/c1-2-12(10(16)17)4-5-15(8-12)11(18)13-7-9-3-6-19-14-9/h3,6H,2,4-5,7-8H2,1H3,(H,13,18)(H,16,17). The molecular weight excluding hydrogens is 250 g/mol. The molecule has 0 aliphatic carbocycles. The molecule has 0 saturated carbocycles. The molecule has 1 aliphatic rings. The maximum atomic E-state index is 11.9. The molecule has 7 nitrogen and oxygen atoms in total. The van der Waals surface area contributed by atoms with Crippen molar-refractivity contribution in [2.24, 2.45) is 5.41 Å². The molecule has 104 valence electrons. The monoisotopic (exact) mass is 267 g/mol. The van der Waals surface area contributed by atoms with Crippen LogP contribution in [-0.2, 0) is 11.3 Å². The van der Waals surface area contributed by atoms with E-state index < -0.39 is 11.4 Å². The zero-order valence-corrected chi connectivity index (χ0v) is 10.8. The van der Waals surface area contributed by atoms with Crippen LogP contribution >= 0.6 is 0 Å². The number of carboxylic acids is 1. The van der Waals surface area contributed by atoms with Gasteiger partial charge in [0.1, 0.15) is 12.0 Å². The van der Waals surface area contributed by atoms with E-state index in [1.54, 1.807) is 6.07 Å². The molecule has 2 rings (SSSR count). The van der Waals surface area contributed by atoms with Crippen LogP contribution in [0.3, 0.4) is 0 Å². The van der Waals surface area contributed by atoms with Gasteiger partial charge in [-0.25, -0.2) is 4.79 Å². The predicted molar refractivity (Wildman–Crippen MR) is 65.3 cm³/mol. The summed E-state index contributed by atoms with van der Waals surface area (Å²) in [6.07, 6.45) is 2.45. The lowest BCUT2D eigenvalue weighted by Crippen LogP contribution is -2.41. The SMILES string of the molecule is CCC1(C(=O)O)CCN(C(=O)NCc2ccon2)C1. The molecule has 1 aromatic rings. The first-order valence-electron chi connectivity index (χ1n) is 6.23. The summed E-state index contributed by atoms with van der Waals surface area (Å²) in [5, 5.41) is 15.6. The van der Waals surface area contributed by atoms with Crippen LogP contribution in [0, 0.1) is 5.41 Å². The summed E-state index contributed by atoms with van der Waals surface area (Å²) in [5.41, 5.74) is -0.168. The van der Waals surface area contributed by atoms with Crippen LogP contribution in [-0.4, -0.2) is 40.3 Å². The summed E-state index contributed by atoms with van der Waals surface area (Å²) in [7, 11) is 0. The number of carbonyl (C=O) groups is 2. The second-order valence-corrected chi connectivity index (χ2v) is 4.76. The Morgan fingerprint density at radius 2 is 2.42 bits per heavy atom. The average molecular weight is 267 g/mol. The Morgan fingerprint density at radius 3 is 2.95 bits per heavy atom. The Morgan fingerprint density at radius 1 is 1.63 bits per heavy atom. The van der Waals surface area contributed by atoms with Crippen LogP contribution in [0.25, 0.3) is 0 Å². The van der Waals surface area contributed by atoms with Gasteiger partial charge in [0.25, 0.3) is 0 Å². The highest BCUT2D eigenvalue weighted by atomic mass is 16.5. The molecule has 1 aromatic heterocycles. The summed E-state index contributed by atoms with van der Waals surface area (Å²) in [5.74, 6) is -0.832. The zero-order chi connectivity index (χ0) is 13.9. The van der Waals surface area contributed by atoms with Crippen molar-refractivity contribution in [3.05, 3.63) is 18.0 Å². The van der Waals surface area contributed by atoms with Crippen LogP contribution in [0.5, 0.6) is 0 Å². The van der Waals surface area contributed by atoms with Gasteiger partial charge in [0, 0.05) is 19.2 Å². The molecule has 0 radical (unpaired) electrons. The third-order valence-electron chi connectivity index (χ3n) is 3.68. The van der Waals surface area contributed by atoms with Crippen LogP contribution < -0.4 is 5.32 Å². The van der Waals surface area contributed by atoms with Crippen molar-refractivity contribution in [2.45, 2.75) is 26.3 Å². The fourth-order valence-electron chi connectivity index (χ4n) is 2.27. The number of likely N-dealkylation sites (tertiary alicyclic amines) is 1. The lowest BCUT2D eigenvalue weighted by Gasteiger charge is -2.23. The van der Waals surface area contributed by atoms with E-state index in [2.05, 4.69) is 15.0 Å². The van der Waals surface area contributed by atoms with E-state index in [1.807, 2.05) is 6.92 Å². The third kappa shape index (κ3) is 2.69. The fourth-order valence-corrected chi connectivity index (χ4v) is 2.27. The maximum absolute atomic E-state index is 11.9. The first-order valence-corrected chi connectivity index (χ1v) is 6.23. The number of carboxylic acid groups (broad SMARTS) is 1. The van der Waals surface area contributed by atoms with E-state index in [4.69, 9.17) is 0 Å². The molecule has 1 aliphatic heterocycles. The van der Waals surface area contributed by atoms with Gasteiger partial charge in [0.15, 0.2) is 0 Å². The summed E-state index contributed by atoms with van der Waals surface area (Å²) < 4.78 is 4.66. The second-order valence-electron chi connectivity index (χ2n) is 4.76. The smallest absolute Gasteiger partial charge is 0.317 e. The van der Waals surface area contributed by atoms with Gasteiger partial charge < -0.3 is 19.8 Å². The van der Waals surface area contributed by atoms with Gasteiger partial charge in [-0.05, 0) is 12.8 Å². The first kappa shape index (κ1) is 13.4. The first-order chi connectivity index (χ1) is 9.07. The quantitative estimate of drug-likeness (QED) is 0.850. The van der Waals surface area contributed by atoms with Gasteiger partial charge in [0.2, 0.25) is 0 Å². The highest BCUT2D eigenvalue weighted by Gasteiger charge is 2.44. The normalized spacial score (nSPS) is 22.5. The van der Waals surface area contributed by atoms with Crippen molar-refractivity contribution in [2.75, 3.05) is 13.1 Å². The molecule has 0 aromatic carbocycles. The Labute approximate surface area is 110 Å². The van der Waals surface area contributed by atoms with Crippen LogP contribution in [0.1, 0.15) is 25.5 Å². The fraction of sp³-hybridized carbons (Fsp3) is 0.583. The third-order valence-corrected chi connectivity index (χ3v) is 3.68. The number of nitrogens with zero attached hydrogens (tertiary/aromatic N) is 2. The van der Waals surface area contributed by atoms with Crippen molar-refractivity contribution in [3.63, 3.8) is 0 Å². The van der Waals surface area contributed by atoms with Gasteiger partial charge in [-0.15, -0.1) is 0 Å². The number of hydrogen-bond donors (Lipinski definition) is 2. The molecule has 2 amide bonds. The lowest BCUT2D eigenvalue weighted by molar-refractivity contribution is -0.148. The van der Waals surface area contributed by atoms with E-state index in [0.29, 0.717) is 25.1 Å². The van der Waals surface area contributed by atoms with Crippen molar-refractivity contribution < 1.29 is 19.2 Å². The minimum absolute atomic E-state index is 0.253. The van der Waals surface area contributed by atoms with Gasteiger partial charge >= 0.3 is 12.0 Å². The number of rotatable bonds is 4. The van der Waals surface area contributed by atoms with E-state index in [0.717, 1.165) is 0 Å². The Bertz CT molecular complexity index is 460. The summed E-state index contributed by atoms with van der Waals surface area (Å²) in [4.78, 5) is 24.8. The highest BCUT2D eigenvalue weighted by Crippen LogP contribution is 2.34. The van der Waals surface area contributed by atoms with Crippen molar-refractivity contribution in [1.82, 2.24) is 15.4 Å². The highest BCUT2D eigenvalue weighted by molar-refractivity contribution is 5.79. The zero-order valence-electron chi connectivity index (χ0n) is 10.8. The van der Waals surface area contributed by atoms with Gasteiger partial charge in [-0.1, -0.05) is 12.1 Å². The molecular formula is C12H17N3O4. The molecule has 7 heteroatoms. The summed E-state index contributed by atoms with van der Waals surface area (Å²) >= 11 is 0. The molecule has 1 unspecified atom stereocenters. The minimum Gasteiger partial charge on any atom is -0.481 e. The molecule has 0 bridgehead atoms. The minimum atomic E-state index is -0.832. The van der Waals surface area contributed by atoms with E-state index in [1.165, 1.54) is 11.2 Å². The average Bonchev–Trinajstić information content (AvgIpc) is 3.05. The number of amides is 2. The lowest BCUT2D eigenvalue weighted by atomic mass is 9.84. The number of carbonyl (C=O) groups excluding carboxylic acids is 1. The Hall–Kier alpha value is -2.05. The van der Waals surface area contributed by atoms with Crippen LogP contribution in [0.15, 0.2) is 16.9 Å². The van der Waals surface area contributed by atoms with E-state index >= 15 is 0 Å². The Kier molecular flexibility index (Phi) is 3.73. The maximum Gasteiger partial charge on any atom is 0.317 e. The predicted octanol–water partition coefficient (Wildman–Crippen LogP) is 1.07. The molecule has 0 spiro atoms.